The Labute approximate surface area is 160 Å². The molecule has 0 bridgehead atoms. The van der Waals surface area contributed by atoms with Gasteiger partial charge in [-0.15, -0.1) is 12.4 Å². The number of hydrogen-bond acceptors (Lipinski definition) is 5. The van der Waals surface area contributed by atoms with E-state index in [4.69, 9.17) is 9.47 Å². The monoisotopic (exact) mass is 382 g/mol. The van der Waals surface area contributed by atoms with E-state index in [1.807, 2.05) is 24.3 Å². The lowest BCUT2D eigenvalue weighted by Gasteiger charge is -2.36. The fourth-order valence-corrected chi connectivity index (χ4v) is 4.23. The fourth-order valence-electron chi connectivity index (χ4n) is 4.23. The second kappa shape index (κ2) is 8.57. The van der Waals surface area contributed by atoms with Gasteiger partial charge in [0.05, 0.1) is 24.9 Å². The highest BCUT2D eigenvalue weighted by molar-refractivity contribution is 5.97. The van der Waals surface area contributed by atoms with Gasteiger partial charge in [-0.25, -0.2) is 0 Å². The van der Waals surface area contributed by atoms with Crippen LogP contribution in [0.2, 0.25) is 0 Å². The van der Waals surface area contributed by atoms with Crippen molar-refractivity contribution >= 4 is 18.3 Å². The summed E-state index contributed by atoms with van der Waals surface area (Å²) in [6, 6.07) is 7.37. The number of fused-ring (bicyclic) bond motifs is 1. The first-order valence-corrected chi connectivity index (χ1v) is 9.24. The Kier molecular flexibility index (Phi) is 6.40. The minimum Gasteiger partial charge on any atom is -0.487 e. The number of para-hydroxylation sites is 1. The fraction of sp³-hybridized carbons (Fsp3) is 0.632. The van der Waals surface area contributed by atoms with Crippen molar-refractivity contribution in [2.45, 2.75) is 25.0 Å². The molecule has 7 heteroatoms. The molecule has 4 rings (SSSR count). The van der Waals surface area contributed by atoms with E-state index in [0.717, 1.165) is 25.9 Å². The van der Waals surface area contributed by atoms with Gasteiger partial charge in [0.15, 0.2) is 0 Å². The van der Waals surface area contributed by atoms with Crippen LogP contribution in [-0.2, 0) is 4.74 Å². The first-order valence-electron chi connectivity index (χ1n) is 9.24. The second-order valence-electron chi connectivity index (χ2n) is 7.27. The molecule has 3 fully saturated rings. The van der Waals surface area contributed by atoms with Crippen LogP contribution in [0.5, 0.6) is 5.75 Å². The molecule has 2 N–H and O–H groups in total. The molecular formula is C19H27ClN2O4. The van der Waals surface area contributed by atoms with Crippen LogP contribution in [-0.4, -0.2) is 67.5 Å². The molecule has 0 aromatic heterocycles. The third kappa shape index (κ3) is 3.98. The third-order valence-corrected chi connectivity index (χ3v) is 5.68. The summed E-state index contributed by atoms with van der Waals surface area (Å²) >= 11 is 0. The van der Waals surface area contributed by atoms with E-state index in [-0.39, 0.29) is 24.4 Å². The number of rotatable bonds is 3. The zero-order chi connectivity index (χ0) is 17.2. The predicted molar refractivity (Wildman–Crippen MR) is 99.9 cm³/mol. The summed E-state index contributed by atoms with van der Waals surface area (Å²) < 4.78 is 11.5. The molecule has 0 unspecified atom stereocenters. The predicted octanol–water partition coefficient (Wildman–Crippen LogP) is 1.32. The van der Waals surface area contributed by atoms with Gasteiger partial charge in [-0.3, -0.25) is 4.79 Å². The molecule has 0 spiro atoms. The van der Waals surface area contributed by atoms with Crippen LogP contribution >= 0.6 is 12.4 Å². The van der Waals surface area contributed by atoms with E-state index in [1.165, 1.54) is 0 Å². The van der Waals surface area contributed by atoms with Crippen molar-refractivity contribution in [2.75, 3.05) is 39.4 Å². The van der Waals surface area contributed by atoms with E-state index in [1.54, 1.807) is 4.90 Å². The summed E-state index contributed by atoms with van der Waals surface area (Å²) in [7, 11) is 0. The smallest absolute Gasteiger partial charge is 0.257 e. The van der Waals surface area contributed by atoms with Crippen molar-refractivity contribution in [1.29, 1.82) is 0 Å². The van der Waals surface area contributed by atoms with Crippen molar-refractivity contribution < 1.29 is 19.4 Å². The Morgan fingerprint density at radius 2 is 1.85 bits per heavy atom. The highest BCUT2D eigenvalue weighted by atomic mass is 35.5. The van der Waals surface area contributed by atoms with E-state index in [0.29, 0.717) is 49.5 Å². The minimum atomic E-state index is -0.479. The Balaban J connectivity index is 0.00000196. The van der Waals surface area contributed by atoms with Crippen molar-refractivity contribution in [2.24, 2.45) is 11.8 Å². The molecule has 2 heterocycles. The zero-order valence-corrected chi connectivity index (χ0v) is 15.6. The number of hydrogen-bond donors (Lipinski definition) is 2. The van der Waals surface area contributed by atoms with Crippen LogP contribution in [0.1, 0.15) is 23.2 Å². The summed E-state index contributed by atoms with van der Waals surface area (Å²) in [5.74, 6) is 1.65. The Morgan fingerprint density at radius 3 is 2.62 bits per heavy atom. The van der Waals surface area contributed by atoms with Gasteiger partial charge in [0.1, 0.15) is 11.9 Å². The lowest BCUT2D eigenvalue weighted by Crippen LogP contribution is -2.43. The van der Waals surface area contributed by atoms with Crippen molar-refractivity contribution in [3.63, 3.8) is 0 Å². The summed E-state index contributed by atoms with van der Waals surface area (Å²) in [6.45, 7) is 4.34. The summed E-state index contributed by atoms with van der Waals surface area (Å²) in [6.07, 6.45) is 0.869. The normalized spacial score (nSPS) is 31.0. The number of nitrogens with one attached hydrogen (secondary N) is 1. The Morgan fingerprint density at radius 1 is 1.15 bits per heavy atom. The summed E-state index contributed by atoms with van der Waals surface area (Å²) in [5, 5.41) is 13.9. The van der Waals surface area contributed by atoms with Crippen LogP contribution in [0.25, 0.3) is 0 Å². The highest BCUT2D eigenvalue weighted by Gasteiger charge is 2.40. The first-order chi connectivity index (χ1) is 12.2. The number of carbonyl (C=O) groups excluding carboxylic acids is 1. The number of nitrogens with zero attached hydrogens (tertiary/aromatic N) is 1. The molecule has 4 atom stereocenters. The second-order valence-corrected chi connectivity index (χ2v) is 7.27. The first kappa shape index (κ1) is 19.4. The van der Waals surface area contributed by atoms with Gasteiger partial charge in [-0.1, -0.05) is 12.1 Å². The number of ether oxygens (including phenoxy) is 2. The van der Waals surface area contributed by atoms with E-state index in [2.05, 4.69) is 5.32 Å². The molecule has 144 valence electrons. The van der Waals surface area contributed by atoms with Crippen molar-refractivity contribution in [1.82, 2.24) is 10.2 Å². The standard InChI is InChI=1S/C19H26N2O4.ClH/c22-16-9-13-11-20-12-14(13)10-18(16)25-17-4-2-1-3-15(17)19(23)21-5-7-24-8-6-21;/h1-4,13-14,16,18,20,22H,5-12H2;1H/t13-,14+,16+,18+;/m0./s1. The maximum atomic E-state index is 12.8. The van der Waals surface area contributed by atoms with Gasteiger partial charge in [0.25, 0.3) is 5.91 Å². The summed E-state index contributed by atoms with van der Waals surface area (Å²) in [5.41, 5.74) is 0.572. The molecule has 1 amide bonds. The lowest BCUT2D eigenvalue weighted by molar-refractivity contribution is -0.0237. The number of aliphatic hydroxyl groups is 1. The Bertz CT molecular complexity index is 623. The van der Waals surface area contributed by atoms with Crippen LogP contribution in [0.15, 0.2) is 24.3 Å². The lowest BCUT2D eigenvalue weighted by atomic mass is 9.78. The average molecular weight is 383 g/mol. The number of amides is 1. The van der Waals surface area contributed by atoms with Gasteiger partial charge >= 0.3 is 0 Å². The molecule has 1 saturated carbocycles. The molecule has 3 aliphatic rings. The number of halogens is 1. The SMILES string of the molecule is Cl.O=C(c1ccccc1O[C@@H]1C[C@@H]2CNC[C@@H]2C[C@H]1O)N1CCOCC1. The zero-order valence-electron chi connectivity index (χ0n) is 14.8. The third-order valence-electron chi connectivity index (χ3n) is 5.68. The molecule has 1 aromatic rings. The van der Waals surface area contributed by atoms with Gasteiger partial charge in [-0.05, 0) is 49.9 Å². The van der Waals surface area contributed by atoms with Crippen LogP contribution in [0.4, 0.5) is 0 Å². The van der Waals surface area contributed by atoms with Gasteiger partial charge in [0.2, 0.25) is 0 Å². The number of carbonyl (C=O) groups is 1. The Hall–Kier alpha value is -1.34. The quantitative estimate of drug-likeness (QED) is 0.825. The maximum Gasteiger partial charge on any atom is 0.257 e. The molecule has 1 aromatic carbocycles. The van der Waals surface area contributed by atoms with Gasteiger partial charge < -0.3 is 24.8 Å². The molecule has 6 nitrogen and oxygen atoms in total. The largest absolute Gasteiger partial charge is 0.487 e. The molecule has 2 saturated heterocycles. The van der Waals surface area contributed by atoms with E-state index in [9.17, 15) is 9.90 Å². The van der Waals surface area contributed by atoms with Crippen LogP contribution in [0.3, 0.4) is 0 Å². The maximum absolute atomic E-state index is 12.8. The molecule has 26 heavy (non-hydrogen) atoms. The molecule has 0 radical (unpaired) electrons. The van der Waals surface area contributed by atoms with Gasteiger partial charge in [-0.2, -0.15) is 0 Å². The number of aliphatic hydroxyl groups excluding tert-OH is 1. The average Bonchev–Trinajstić information content (AvgIpc) is 3.10. The highest BCUT2D eigenvalue weighted by Crippen LogP contribution is 2.35. The summed E-state index contributed by atoms with van der Waals surface area (Å²) in [4.78, 5) is 14.6. The van der Waals surface area contributed by atoms with Crippen LogP contribution in [0, 0.1) is 11.8 Å². The number of morpholine rings is 1. The van der Waals surface area contributed by atoms with Gasteiger partial charge in [0, 0.05) is 13.1 Å². The molecule has 1 aliphatic carbocycles. The van der Waals surface area contributed by atoms with Crippen LogP contribution < -0.4 is 10.1 Å². The van der Waals surface area contributed by atoms with E-state index < -0.39 is 6.10 Å². The molecular weight excluding hydrogens is 356 g/mol. The molecule has 2 aliphatic heterocycles. The topological polar surface area (TPSA) is 71.0 Å². The van der Waals surface area contributed by atoms with Crippen molar-refractivity contribution in [3.8, 4) is 5.75 Å². The number of benzene rings is 1. The minimum absolute atomic E-state index is 0. The van der Waals surface area contributed by atoms with E-state index >= 15 is 0 Å². The van der Waals surface area contributed by atoms with Crippen molar-refractivity contribution in [3.05, 3.63) is 29.8 Å².